The van der Waals surface area contributed by atoms with Crippen LogP contribution in [0.4, 0.5) is 0 Å². The van der Waals surface area contributed by atoms with Gasteiger partial charge in [-0.05, 0) is 43.4 Å². The molecule has 132 valence electrons. The average molecular weight is 335 g/mol. The first-order chi connectivity index (χ1) is 11.7. The minimum absolute atomic E-state index is 0.101. The predicted octanol–water partition coefficient (Wildman–Crippen LogP) is 2.38. The maximum absolute atomic E-state index is 12.8. The number of carbonyl (C=O) groups is 1. The van der Waals surface area contributed by atoms with Gasteiger partial charge in [0, 0.05) is 19.2 Å². The van der Waals surface area contributed by atoms with Crippen molar-refractivity contribution < 1.29 is 23.7 Å². The summed E-state index contributed by atoms with van der Waals surface area (Å²) in [6, 6.07) is 4.12. The van der Waals surface area contributed by atoms with Crippen LogP contribution in [-0.2, 0) is 16.1 Å². The van der Waals surface area contributed by atoms with Gasteiger partial charge >= 0.3 is 0 Å². The Kier molecular flexibility index (Phi) is 5.14. The molecule has 1 aromatic rings. The van der Waals surface area contributed by atoms with Gasteiger partial charge in [-0.2, -0.15) is 0 Å². The number of nitrogens with zero attached hydrogens (tertiary/aromatic N) is 1. The Balaban J connectivity index is 1.83. The molecule has 0 spiro atoms. The molecule has 2 aliphatic rings. The Hall–Kier alpha value is -1.95. The van der Waals surface area contributed by atoms with Gasteiger partial charge < -0.3 is 23.8 Å². The fraction of sp³-hybridized carbons (Fsp3) is 0.611. The van der Waals surface area contributed by atoms with Crippen LogP contribution in [0.2, 0.25) is 0 Å². The van der Waals surface area contributed by atoms with Gasteiger partial charge in [-0.3, -0.25) is 4.79 Å². The second kappa shape index (κ2) is 7.30. The van der Waals surface area contributed by atoms with Crippen LogP contribution >= 0.6 is 0 Å². The lowest BCUT2D eigenvalue weighted by molar-refractivity contribution is -0.142. The molecular weight excluding hydrogens is 310 g/mol. The van der Waals surface area contributed by atoms with Crippen LogP contribution in [0.1, 0.15) is 31.2 Å². The normalized spacial score (nSPS) is 19.9. The van der Waals surface area contributed by atoms with Crippen molar-refractivity contribution >= 4 is 5.91 Å². The van der Waals surface area contributed by atoms with E-state index in [1.54, 1.807) is 21.3 Å². The molecule has 1 amide bonds. The molecule has 1 aliphatic carbocycles. The Morgan fingerprint density at radius 3 is 2.25 bits per heavy atom. The Labute approximate surface area is 142 Å². The van der Waals surface area contributed by atoms with Crippen LogP contribution in [0.15, 0.2) is 12.1 Å². The SMILES string of the molecule is COc1cc(CN(C(=O)C2CCCO2)C2CC2)cc(OC)c1OC. The molecule has 1 unspecified atom stereocenters. The fourth-order valence-corrected chi connectivity index (χ4v) is 3.15. The average Bonchev–Trinajstić information content (AvgIpc) is 3.30. The smallest absolute Gasteiger partial charge is 0.252 e. The summed E-state index contributed by atoms with van der Waals surface area (Å²) in [6.45, 7) is 1.21. The molecule has 1 saturated carbocycles. The molecule has 0 radical (unpaired) electrons. The molecule has 1 aliphatic heterocycles. The monoisotopic (exact) mass is 335 g/mol. The van der Waals surface area contributed by atoms with Gasteiger partial charge in [0.2, 0.25) is 5.75 Å². The van der Waals surface area contributed by atoms with Crippen molar-refractivity contribution in [3.8, 4) is 17.2 Å². The van der Waals surface area contributed by atoms with Crippen molar-refractivity contribution in [2.45, 2.75) is 44.4 Å². The van der Waals surface area contributed by atoms with E-state index in [0.29, 0.717) is 36.4 Å². The van der Waals surface area contributed by atoms with Crippen molar-refractivity contribution in [1.29, 1.82) is 0 Å². The summed E-state index contributed by atoms with van der Waals surface area (Å²) in [7, 11) is 4.77. The van der Waals surface area contributed by atoms with E-state index in [1.807, 2.05) is 17.0 Å². The highest BCUT2D eigenvalue weighted by Gasteiger charge is 2.37. The molecule has 0 aromatic heterocycles. The lowest BCUT2D eigenvalue weighted by Gasteiger charge is -2.26. The molecule has 0 bridgehead atoms. The maximum atomic E-state index is 12.8. The maximum Gasteiger partial charge on any atom is 0.252 e. The summed E-state index contributed by atoms with van der Waals surface area (Å²) < 4.78 is 21.7. The van der Waals surface area contributed by atoms with Crippen LogP contribution in [0.3, 0.4) is 0 Å². The molecule has 2 fully saturated rings. The van der Waals surface area contributed by atoms with Crippen molar-refractivity contribution in [2.75, 3.05) is 27.9 Å². The summed E-state index contributed by atoms with van der Waals surface area (Å²) in [5.74, 6) is 1.87. The molecular formula is C18H25NO5. The number of rotatable bonds is 7. The Morgan fingerprint density at radius 2 is 1.79 bits per heavy atom. The van der Waals surface area contributed by atoms with Crippen LogP contribution in [-0.4, -0.2) is 50.9 Å². The van der Waals surface area contributed by atoms with E-state index in [9.17, 15) is 4.79 Å². The zero-order chi connectivity index (χ0) is 17.1. The van der Waals surface area contributed by atoms with Gasteiger partial charge in [-0.1, -0.05) is 0 Å². The third-order valence-electron chi connectivity index (χ3n) is 4.55. The number of amides is 1. The van der Waals surface area contributed by atoms with Crippen molar-refractivity contribution in [1.82, 2.24) is 4.90 Å². The predicted molar refractivity (Wildman–Crippen MR) is 88.6 cm³/mol. The lowest BCUT2D eigenvalue weighted by atomic mass is 10.1. The van der Waals surface area contributed by atoms with E-state index in [-0.39, 0.29) is 12.0 Å². The molecule has 1 aromatic carbocycles. The lowest BCUT2D eigenvalue weighted by Crippen LogP contribution is -2.39. The van der Waals surface area contributed by atoms with E-state index in [0.717, 1.165) is 31.2 Å². The first kappa shape index (κ1) is 16.9. The van der Waals surface area contributed by atoms with E-state index in [2.05, 4.69) is 0 Å². The van der Waals surface area contributed by atoms with Gasteiger partial charge in [0.1, 0.15) is 6.10 Å². The molecule has 0 N–H and O–H groups in total. The van der Waals surface area contributed by atoms with Crippen molar-refractivity contribution in [3.63, 3.8) is 0 Å². The summed E-state index contributed by atoms with van der Waals surface area (Å²) in [5, 5.41) is 0. The number of carbonyl (C=O) groups excluding carboxylic acids is 1. The first-order valence-electron chi connectivity index (χ1n) is 8.39. The van der Waals surface area contributed by atoms with Gasteiger partial charge in [0.05, 0.1) is 21.3 Å². The summed E-state index contributed by atoms with van der Waals surface area (Å²) in [4.78, 5) is 14.7. The second-order valence-electron chi connectivity index (χ2n) is 6.23. The van der Waals surface area contributed by atoms with E-state index < -0.39 is 0 Å². The molecule has 6 heteroatoms. The third kappa shape index (κ3) is 3.43. The van der Waals surface area contributed by atoms with Crippen LogP contribution in [0, 0.1) is 0 Å². The van der Waals surface area contributed by atoms with Gasteiger partial charge in [-0.25, -0.2) is 0 Å². The second-order valence-corrected chi connectivity index (χ2v) is 6.23. The van der Waals surface area contributed by atoms with E-state index >= 15 is 0 Å². The fourth-order valence-electron chi connectivity index (χ4n) is 3.15. The van der Waals surface area contributed by atoms with E-state index in [4.69, 9.17) is 18.9 Å². The van der Waals surface area contributed by atoms with Crippen LogP contribution in [0.25, 0.3) is 0 Å². The number of methoxy groups -OCH3 is 3. The summed E-state index contributed by atoms with van der Waals surface area (Å²) in [6.07, 6.45) is 3.61. The van der Waals surface area contributed by atoms with Crippen molar-refractivity contribution in [2.24, 2.45) is 0 Å². The van der Waals surface area contributed by atoms with E-state index in [1.165, 1.54) is 0 Å². The standard InChI is InChI=1S/C18H25NO5/c1-21-15-9-12(10-16(22-2)17(15)23-3)11-19(13-6-7-13)18(20)14-5-4-8-24-14/h9-10,13-14H,4-8,11H2,1-3H3. The quantitative estimate of drug-likeness (QED) is 0.766. The van der Waals surface area contributed by atoms with Gasteiger partial charge in [0.25, 0.3) is 5.91 Å². The summed E-state index contributed by atoms with van der Waals surface area (Å²) in [5.41, 5.74) is 0.961. The largest absolute Gasteiger partial charge is 0.493 e. The number of ether oxygens (including phenoxy) is 4. The summed E-state index contributed by atoms with van der Waals surface area (Å²) >= 11 is 0. The topological polar surface area (TPSA) is 57.2 Å². The third-order valence-corrected chi connectivity index (χ3v) is 4.55. The van der Waals surface area contributed by atoms with Gasteiger partial charge in [0.15, 0.2) is 11.5 Å². The number of hydrogen-bond acceptors (Lipinski definition) is 5. The molecule has 24 heavy (non-hydrogen) atoms. The highest BCUT2D eigenvalue weighted by atomic mass is 16.5. The minimum Gasteiger partial charge on any atom is -0.493 e. The first-order valence-corrected chi connectivity index (χ1v) is 8.39. The molecule has 1 saturated heterocycles. The highest BCUT2D eigenvalue weighted by molar-refractivity contribution is 5.81. The Morgan fingerprint density at radius 1 is 1.12 bits per heavy atom. The van der Waals surface area contributed by atoms with Crippen LogP contribution < -0.4 is 14.2 Å². The highest BCUT2D eigenvalue weighted by Crippen LogP contribution is 2.39. The minimum atomic E-state index is -0.285. The number of hydrogen-bond donors (Lipinski definition) is 0. The molecule has 3 rings (SSSR count). The molecule has 1 atom stereocenters. The molecule has 1 heterocycles. The van der Waals surface area contributed by atoms with Crippen LogP contribution in [0.5, 0.6) is 17.2 Å². The van der Waals surface area contributed by atoms with Crippen molar-refractivity contribution in [3.05, 3.63) is 17.7 Å². The molecule has 6 nitrogen and oxygen atoms in total. The zero-order valence-corrected chi connectivity index (χ0v) is 14.5. The zero-order valence-electron chi connectivity index (χ0n) is 14.5. The van der Waals surface area contributed by atoms with Gasteiger partial charge in [-0.15, -0.1) is 0 Å². The Bertz CT molecular complexity index is 568. The number of benzene rings is 1.